The first-order valence-corrected chi connectivity index (χ1v) is 12.0. The predicted molar refractivity (Wildman–Crippen MR) is 117 cm³/mol. The maximum atomic E-state index is 12.3. The third-order valence-corrected chi connectivity index (χ3v) is 7.13. The lowest BCUT2D eigenvalue weighted by molar-refractivity contribution is -0.139. The van der Waals surface area contributed by atoms with E-state index in [1.54, 1.807) is 6.07 Å². The zero-order valence-electron chi connectivity index (χ0n) is 18.9. The van der Waals surface area contributed by atoms with Crippen molar-refractivity contribution >= 4 is 5.91 Å². The van der Waals surface area contributed by atoms with Crippen molar-refractivity contribution in [3.8, 4) is 5.75 Å². The summed E-state index contributed by atoms with van der Waals surface area (Å²) in [7, 11) is 0. The highest BCUT2D eigenvalue weighted by Gasteiger charge is 2.40. The summed E-state index contributed by atoms with van der Waals surface area (Å²) >= 11 is 0. The highest BCUT2D eigenvalue weighted by Crippen LogP contribution is 2.48. The van der Waals surface area contributed by atoms with Gasteiger partial charge in [-0.15, -0.1) is 0 Å². The van der Waals surface area contributed by atoms with E-state index >= 15 is 0 Å². The van der Waals surface area contributed by atoms with Crippen LogP contribution in [-0.4, -0.2) is 36.4 Å². The van der Waals surface area contributed by atoms with Crippen molar-refractivity contribution in [1.29, 1.82) is 0 Å². The number of nitrogens with one attached hydrogen (secondary N) is 1. The molecule has 32 heavy (non-hydrogen) atoms. The molecule has 0 radical (unpaired) electrons. The highest BCUT2D eigenvalue weighted by atomic mass is 19.4. The summed E-state index contributed by atoms with van der Waals surface area (Å²) < 4.78 is 42.4. The zero-order chi connectivity index (χ0) is 23.1. The van der Waals surface area contributed by atoms with Gasteiger partial charge in [-0.2, -0.15) is 13.2 Å². The monoisotopic (exact) mass is 455 g/mol. The average Bonchev–Trinajstić information content (AvgIpc) is 3.14. The van der Waals surface area contributed by atoms with Gasteiger partial charge >= 0.3 is 6.18 Å². The second-order valence-electron chi connectivity index (χ2n) is 9.47. The van der Waals surface area contributed by atoms with Gasteiger partial charge < -0.3 is 15.2 Å². The Hall–Kier alpha value is -1.76. The molecule has 0 spiro atoms. The molecule has 1 aromatic carbocycles. The Labute approximate surface area is 188 Å². The minimum absolute atomic E-state index is 0.194. The summed E-state index contributed by atoms with van der Waals surface area (Å²) in [5.41, 5.74) is 2.31. The molecule has 0 aromatic heterocycles. The fourth-order valence-electron chi connectivity index (χ4n) is 5.45. The first-order valence-electron chi connectivity index (χ1n) is 12.0. The van der Waals surface area contributed by atoms with Crippen LogP contribution in [-0.2, 0) is 17.6 Å². The van der Waals surface area contributed by atoms with Crippen molar-refractivity contribution in [3.63, 3.8) is 0 Å². The van der Waals surface area contributed by atoms with Crippen LogP contribution in [0.4, 0.5) is 13.2 Å². The number of alkyl halides is 3. The van der Waals surface area contributed by atoms with Gasteiger partial charge in [0.2, 0.25) is 0 Å². The molecule has 4 atom stereocenters. The van der Waals surface area contributed by atoms with Gasteiger partial charge in [0.15, 0.2) is 6.61 Å². The molecule has 180 valence electrons. The fourth-order valence-corrected chi connectivity index (χ4v) is 5.45. The summed E-state index contributed by atoms with van der Waals surface area (Å²) in [6.45, 7) is 0.408. The zero-order valence-corrected chi connectivity index (χ0v) is 18.9. The third-order valence-electron chi connectivity index (χ3n) is 7.13. The standard InChI is InChI=1S/C25H36F3NO3/c1-2-3-4-7-20(30)12-11-17-9-10-19-14-22-18(13-21(17)19)6-5-8-23(22)32-15-24(31)29-16-25(26,27)28/h5-6,8,17,19-21,30H,2-4,7,9-16H2,1H3,(H,29,31). The van der Waals surface area contributed by atoms with Crippen molar-refractivity contribution < 1.29 is 27.8 Å². The smallest absolute Gasteiger partial charge is 0.405 e. The largest absolute Gasteiger partial charge is 0.483 e. The summed E-state index contributed by atoms with van der Waals surface area (Å²) in [4.78, 5) is 11.7. The molecule has 1 amide bonds. The molecule has 2 aliphatic carbocycles. The minimum atomic E-state index is -4.43. The van der Waals surface area contributed by atoms with E-state index in [0.717, 1.165) is 50.5 Å². The molecule has 4 unspecified atom stereocenters. The summed E-state index contributed by atoms with van der Waals surface area (Å²) in [6.07, 6.45) is 5.85. The molecule has 1 fully saturated rings. The number of fused-ring (bicyclic) bond motifs is 2. The normalized spacial score (nSPS) is 23.3. The number of aliphatic hydroxyl groups is 1. The topological polar surface area (TPSA) is 58.6 Å². The molecular formula is C25H36F3NO3. The molecular weight excluding hydrogens is 419 g/mol. The van der Waals surface area contributed by atoms with Gasteiger partial charge in [-0.25, -0.2) is 0 Å². The lowest BCUT2D eigenvalue weighted by Crippen LogP contribution is -2.36. The number of benzene rings is 1. The number of aliphatic hydroxyl groups excluding tert-OH is 1. The Morgan fingerprint density at radius 2 is 2.03 bits per heavy atom. The van der Waals surface area contributed by atoms with Crippen LogP contribution < -0.4 is 10.1 Å². The predicted octanol–water partition coefficient (Wildman–Crippen LogP) is 5.21. The van der Waals surface area contributed by atoms with Crippen molar-refractivity contribution in [2.24, 2.45) is 17.8 Å². The maximum absolute atomic E-state index is 12.3. The van der Waals surface area contributed by atoms with Gasteiger partial charge in [0.25, 0.3) is 5.91 Å². The average molecular weight is 456 g/mol. The molecule has 4 nitrogen and oxygen atoms in total. The van der Waals surface area contributed by atoms with Gasteiger partial charge in [-0.3, -0.25) is 4.79 Å². The molecule has 0 saturated heterocycles. The second-order valence-corrected chi connectivity index (χ2v) is 9.47. The van der Waals surface area contributed by atoms with Gasteiger partial charge in [-0.05, 0) is 79.9 Å². The summed E-state index contributed by atoms with van der Waals surface area (Å²) in [6, 6.07) is 5.79. The molecule has 2 aliphatic rings. The van der Waals surface area contributed by atoms with E-state index in [1.165, 1.54) is 24.8 Å². The van der Waals surface area contributed by atoms with Crippen LogP contribution in [0.1, 0.15) is 69.4 Å². The summed E-state index contributed by atoms with van der Waals surface area (Å²) in [5.74, 6) is 1.64. The molecule has 2 N–H and O–H groups in total. The number of hydrogen-bond acceptors (Lipinski definition) is 3. The number of carbonyl (C=O) groups is 1. The lowest BCUT2D eigenvalue weighted by Gasteiger charge is -2.32. The van der Waals surface area contributed by atoms with Crippen LogP contribution in [0.25, 0.3) is 0 Å². The Bertz CT molecular complexity index is 752. The Morgan fingerprint density at radius 3 is 2.78 bits per heavy atom. The fraction of sp³-hybridized carbons (Fsp3) is 0.720. The molecule has 0 heterocycles. The van der Waals surface area contributed by atoms with Crippen molar-refractivity contribution in [3.05, 3.63) is 29.3 Å². The van der Waals surface area contributed by atoms with Crippen LogP contribution >= 0.6 is 0 Å². The highest BCUT2D eigenvalue weighted by molar-refractivity contribution is 5.77. The Balaban J connectivity index is 1.53. The van der Waals surface area contributed by atoms with Gasteiger partial charge in [0.1, 0.15) is 12.3 Å². The van der Waals surface area contributed by atoms with Crippen LogP contribution in [0, 0.1) is 17.8 Å². The van der Waals surface area contributed by atoms with E-state index in [2.05, 4.69) is 13.0 Å². The van der Waals surface area contributed by atoms with E-state index in [-0.39, 0.29) is 6.10 Å². The van der Waals surface area contributed by atoms with Crippen LogP contribution in [0.15, 0.2) is 18.2 Å². The molecule has 0 aliphatic heterocycles. The SMILES string of the molecule is CCCCCC(O)CCC1CCC2Cc3c(cccc3OCC(=O)NCC(F)(F)F)CC12. The lowest BCUT2D eigenvalue weighted by atomic mass is 9.73. The van der Waals surface area contributed by atoms with E-state index in [0.29, 0.717) is 23.5 Å². The maximum Gasteiger partial charge on any atom is 0.405 e. The summed E-state index contributed by atoms with van der Waals surface area (Å²) in [5, 5.41) is 12.1. The third kappa shape index (κ3) is 7.12. The quantitative estimate of drug-likeness (QED) is 0.451. The van der Waals surface area contributed by atoms with E-state index in [4.69, 9.17) is 4.74 Å². The van der Waals surface area contributed by atoms with Crippen LogP contribution in [0.3, 0.4) is 0 Å². The Kier molecular flexibility index (Phi) is 8.86. The number of halogens is 3. The Morgan fingerprint density at radius 1 is 1.22 bits per heavy atom. The van der Waals surface area contributed by atoms with Crippen molar-refractivity contribution in [1.82, 2.24) is 5.32 Å². The molecule has 1 saturated carbocycles. The number of hydrogen-bond donors (Lipinski definition) is 2. The van der Waals surface area contributed by atoms with Crippen molar-refractivity contribution in [2.75, 3.05) is 13.2 Å². The van der Waals surface area contributed by atoms with Gasteiger partial charge in [-0.1, -0.05) is 38.3 Å². The second kappa shape index (κ2) is 11.4. The molecule has 1 aromatic rings. The van der Waals surface area contributed by atoms with Gasteiger partial charge in [0.05, 0.1) is 6.10 Å². The van der Waals surface area contributed by atoms with Crippen LogP contribution in [0.5, 0.6) is 5.75 Å². The van der Waals surface area contributed by atoms with Crippen molar-refractivity contribution in [2.45, 2.75) is 83.4 Å². The number of rotatable bonds is 11. The van der Waals surface area contributed by atoms with Gasteiger partial charge in [0, 0.05) is 0 Å². The molecule has 0 bridgehead atoms. The molecule has 3 rings (SSSR count). The van der Waals surface area contributed by atoms with E-state index in [9.17, 15) is 23.1 Å². The number of carbonyl (C=O) groups excluding carboxylic acids is 1. The molecule has 7 heteroatoms. The first-order chi connectivity index (χ1) is 15.3. The number of ether oxygens (including phenoxy) is 1. The number of amides is 1. The number of unbranched alkanes of at least 4 members (excludes halogenated alkanes) is 2. The first kappa shape index (κ1) is 24.9. The van der Waals surface area contributed by atoms with E-state index < -0.39 is 25.2 Å². The minimum Gasteiger partial charge on any atom is -0.483 e. The van der Waals surface area contributed by atoms with E-state index in [1.807, 2.05) is 11.4 Å². The van der Waals surface area contributed by atoms with Crippen LogP contribution in [0.2, 0.25) is 0 Å².